The maximum absolute atomic E-state index is 14.7. The normalized spacial score (nSPS) is 11.6. The van der Waals surface area contributed by atoms with E-state index in [2.05, 4.69) is 25.2 Å². The summed E-state index contributed by atoms with van der Waals surface area (Å²) in [6.45, 7) is 0. The summed E-state index contributed by atoms with van der Waals surface area (Å²) in [5, 5.41) is 10.4. The zero-order valence-electron chi connectivity index (χ0n) is 19.1. The number of nitrogens with zero attached hydrogens (tertiary/aromatic N) is 2. The number of anilines is 1. The lowest BCUT2D eigenvalue weighted by Crippen LogP contribution is -2.13. The molecule has 2 N–H and O–H groups in total. The molecule has 9 heteroatoms. The third kappa shape index (κ3) is 4.80. The van der Waals surface area contributed by atoms with Crippen molar-refractivity contribution in [3.05, 3.63) is 108 Å². The topological polar surface area (TPSA) is 102 Å². The molecular weight excluding hydrogens is 463 g/mol. The molecule has 0 aliphatic heterocycles. The van der Waals surface area contributed by atoms with Gasteiger partial charge in [0.05, 0.1) is 30.7 Å². The molecular formula is C27H21FN4O4. The number of H-pyrrole nitrogens is 1. The van der Waals surface area contributed by atoms with Crippen LogP contribution >= 0.6 is 0 Å². The standard InChI is InChI=1S/C27H21FN4O4/c1-34-27(33)36-24-14-13-23(35-24)31-25(18-11-12-22(29-15-18)17-7-3-2-4-8-17)20-16-30-32-26(20)19-9-5-6-10-21(19)28/h2-16,25,31H,1H3,(H,30,32). The van der Waals surface area contributed by atoms with Crippen molar-refractivity contribution in [3.8, 4) is 28.5 Å². The molecule has 180 valence electrons. The van der Waals surface area contributed by atoms with Gasteiger partial charge in [0, 0.05) is 35.0 Å². The second-order valence-electron chi connectivity index (χ2n) is 7.78. The van der Waals surface area contributed by atoms with Crippen LogP contribution in [0.15, 0.2) is 95.7 Å². The summed E-state index contributed by atoms with van der Waals surface area (Å²) in [4.78, 5) is 16.1. The maximum Gasteiger partial charge on any atom is 0.516 e. The average Bonchev–Trinajstić information content (AvgIpc) is 3.58. The number of furan rings is 1. The van der Waals surface area contributed by atoms with Crippen LogP contribution in [0.3, 0.4) is 0 Å². The number of methoxy groups -OCH3 is 1. The Morgan fingerprint density at radius 2 is 1.81 bits per heavy atom. The van der Waals surface area contributed by atoms with Gasteiger partial charge < -0.3 is 19.2 Å². The van der Waals surface area contributed by atoms with E-state index in [1.807, 2.05) is 42.5 Å². The molecule has 3 heterocycles. The van der Waals surface area contributed by atoms with Gasteiger partial charge in [0.1, 0.15) is 5.82 Å². The molecule has 0 saturated heterocycles. The Bertz CT molecular complexity index is 1460. The van der Waals surface area contributed by atoms with Crippen LogP contribution in [0.5, 0.6) is 5.95 Å². The van der Waals surface area contributed by atoms with E-state index in [9.17, 15) is 9.18 Å². The summed E-state index contributed by atoms with van der Waals surface area (Å²) in [5.74, 6) is -0.111. The second-order valence-corrected chi connectivity index (χ2v) is 7.78. The Kier molecular flexibility index (Phi) is 6.44. The number of benzene rings is 2. The van der Waals surface area contributed by atoms with Crippen LogP contribution in [-0.2, 0) is 4.74 Å². The Balaban J connectivity index is 1.53. The number of ether oxygens (including phenoxy) is 2. The fourth-order valence-electron chi connectivity index (χ4n) is 3.81. The third-order valence-electron chi connectivity index (χ3n) is 5.53. The molecule has 0 aliphatic carbocycles. The SMILES string of the molecule is COC(=O)Oc1ccc(NC(c2ccc(-c3ccccc3)nc2)c2cn[nH]c2-c2ccccc2F)o1. The molecule has 0 radical (unpaired) electrons. The van der Waals surface area contributed by atoms with Crippen molar-refractivity contribution in [2.45, 2.75) is 6.04 Å². The van der Waals surface area contributed by atoms with Crippen molar-refractivity contribution in [2.75, 3.05) is 12.4 Å². The van der Waals surface area contributed by atoms with E-state index in [0.29, 0.717) is 22.7 Å². The first-order valence-electron chi connectivity index (χ1n) is 11.0. The number of aromatic nitrogens is 3. The average molecular weight is 484 g/mol. The Labute approximate surface area is 205 Å². The molecule has 0 saturated carbocycles. The van der Waals surface area contributed by atoms with Crippen LogP contribution in [0.2, 0.25) is 0 Å². The van der Waals surface area contributed by atoms with E-state index in [-0.39, 0.29) is 11.8 Å². The maximum atomic E-state index is 14.7. The summed E-state index contributed by atoms with van der Waals surface area (Å²) < 4.78 is 29.7. The fourth-order valence-corrected chi connectivity index (χ4v) is 3.81. The number of carbonyl (C=O) groups is 1. The van der Waals surface area contributed by atoms with Crippen LogP contribution < -0.4 is 10.1 Å². The van der Waals surface area contributed by atoms with Crippen molar-refractivity contribution in [1.82, 2.24) is 15.2 Å². The summed E-state index contributed by atoms with van der Waals surface area (Å²) in [5.41, 5.74) is 4.13. The minimum atomic E-state index is -0.898. The molecule has 8 nitrogen and oxygen atoms in total. The van der Waals surface area contributed by atoms with Gasteiger partial charge in [0.2, 0.25) is 0 Å². The molecule has 5 rings (SSSR count). The van der Waals surface area contributed by atoms with Crippen LogP contribution in [-0.4, -0.2) is 28.4 Å². The van der Waals surface area contributed by atoms with E-state index in [1.165, 1.54) is 19.2 Å². The van der Waals surface area contributed by atoms with Gasteiger partial charge in [0.25, 0.3) is 5.95 Å². The van der Waals surface area contributed by atoms with Crippen molar-refractivity contribution >= 4 is 12.0 Å². The van der Waals surface area contributed by atoms with Gasteiger partial charge in [-0.2, -0.15) is 5.10 Å². The van der Waals surface area contributed by atoms with Gasteiger partial charge in [-0.25, -0.2) is 9.18 Å². The summed E-state index contributed by atoms with van der Waals surface area (Å²) in [6, 6.07) is 22.7. The third-order valence-corrected chi connectivity index (χ3v) is 5.53. The van der Waals surface area contributed by atoms with Gasteiger partial charge in [-0.15, -0.1) is 0 Å². The van der Waals surface area contributed by atoms with Crippen LogP contribution in [0.4, 0.5) is 15.1 Å². The largest absolute Gasteiger partial charge is 0.516 e. The van der Waals surface area contributed by atoms with E-state index in [1.54, 1.807) is 36.7 Å². The molecule has 2 aromatic carbocycles. The fraction of sp³-hybridized carbons (Fsp3) is 0.0741. The lowest BCUT2D eigenvalue weighted by molar-refractivity contribution is 0.111. The molecule has 1 atom stereocenters. The highest BCUT2D eigenvalue weighted by Crippen LogP contribution is 2.35. The highest BCUT2D eigenvalue weighted by Gasteiger charge is 2.24. The van der Waals surface area contributed by atoms with Crippen molar-refractivity contribution in [2.24, 2.45) is 0 Å². The first kappa shape index (κ1) is 22.9. The molecule has 5 aromatic rings. The summed E-state index contributed by atoms with van der Waals surface area (Å²) in [6.07, 6.45) is 2.47. The second kappa shape index (κ2) is 10.1. The molecule has 0 amide bonds. The van der Waals surface area contributed by atoms with E-state index < -0.39 is 12.2 Å². The summed E-state index contributed by atoms with van der Waals surface area (Å²) in [7, 11) is 1.20. The highest BCUT2D eigenvalue weighted by molar-refractivity contribution is 5.67. The van der Waals surface area contributed by atoms with Crippen LogP contribution in [0, 0.1) is 5.82 Å². The number of aromatic amines is 1. The van der Waals surface area contributed by atoms with Crippen molar-refractivity contribution < 1.29 is 23.1 Å². The van der Waals surface area contributed by atoms with E-state index >= 15 is 0 Å². The molecule has 36 heavy (non-hydrogen) atoms. The number of nitrogens with one attached hydrogen (secondary N) is 2. The van der Waals surface area contributed by atoms with Gasteiger partial charge in [-0.3, -0.25) is 10.1 Å². The van der Waals surface area contributed by atoms with Gasteiger partial charge in [0.15, 0.2) is 5.88 Å². The number of rotatable bonds is 7. The molecule has 0 fully saturated rings. The number of pyridine rings is 1. The van der Waals surface area contributed by atoms with E-state index in [4.69, 9.17) is 9.15 Å². The van der Waals surface area contributed by atoms with Crippen molar-refractivity contribution in [3.63, 3.8) is 0 Å². The van der Waals surface area contributed by atoms with Gasteiger partial charge >= 0.3 is 6.16 Å². The number of halogens is 1. The monoisotopic (exact) mass is 484 g/mol. The molecule has 0 bridgehead atoms. The first-order valence-corrected chi connectivity index (χ1v) is 11.0. The van der Waals surface area contributed by atoms with Crippen molar-refractivity contribution in [1.29, 1.82) is 0 Å². The summed E-state index contributed by atoms with van der Waals surface area (Å²) >= 11 is 0. The minimum Gasteiger partial charge on any atom is -0.437 e. The highest BCUT2D eigenvalue weighted by atomic mass is 19.1. The lowest BCUT2D eigenvalue weighted by atomic mass is 9.96. The predicted molar refractivity (Wildman–Crippen MR) is 131 cm³/mol. The minimum absolute atomic E-state index is 0.0397. The Hall–Kier alpha value is -4.92. The molecule has 3 aromatic heterocycles. The number of hydrogen-bond acceptors (Lipinski definition) is 7. The van der Waals surface area contributed by atoms with Gasteiger partial charge in [-0.05, 0) is 23.8 Å². The molecule has 0 spiro atoms. The molecule has 1 unspecified atom stereocenters. The zero-order chi connectivity index (χ0) is 24.9. The lowest BCUT2D eigenvalue weighted by Gasteiger charge is -2.19. The Morgan fingerprint density at radius 1 is 1.00 bits per heavy atom. The zero-order valence-corrected chi connectivity index (χ0v) is 19.1. The van der Waals surface area contributed by atoms with Crippen LogP contribution in [0.25, 0.3) is 22.5 Å². The first-order chi connectivity index (χ1) is 17.6. The number of carbonyl (C=O) groups excluding carboxylic acids is 1. The molecule has 0 aliphatic rings. The predicted octanol–water partition coefficient (Wildman–Crippen LogP) is 6.22. The smallest absolute Gasteiger partial charge is 0.437 e. The van der Waals surface area contributed by atoms with Crippen LogP contribution in [0.1, 0.15) is 17.2 Å². The quantitative estimate of drug-likeness (QED) is 0.265. The van der Waals surface area contributed by atoms with Gasteiger partial charge in [-0.1, -0.05) is 48.5 Å². The van der Waals surface area contributed by atoms with E-state index in [0.717, 1.165) is 16.8 Å². The Morgan fingerprint density at radius 3 is 2.56 bits per heavy atom. The number of hydrogen-bond donors (Lipinski definition) is 2.